The van der Waals surface area contributed by atoms with Crippen LogP contribution in [0, 0.1) is 12.8 Å². The van der Waals surface area contributed by atoms with Crippen molar-refractivity contribution in [1.82, 2.24) is 15.1 Å². The first-order valence-electron chi connectivity index (χ1n) is 6.43. The second-order valence-corrected chi connectivity index (χ2v) is 4.43. The van der Waals surface area contributed by atoms with E-state index in [9.17, 15) is 4.79 Å². The molecule has 1 aromatic heterocycles. The number of aromatic nitrogens is 2. The van der Waals surface area contributed by atoms with Crippen molar-refractivity contribution in [3.63, 3.8) is 0 Å². The monoisotopic (exact) mass is 237 g/mol. The van der Waals surface area contributed by atoms with E-state index in [2.05, 4.69) is 24.0 Å². The van der Waals surface area contributed by atoms with Crippen molar-refractivity contribution < 1.29 is 4.79 Å². The van der Waals surface area contributed by atoms with E-state index in [0.717, 1.165) is 31.6 Å². The molecule has 0 aliphatic rings. The van der Waals surface area contributed by atoms with Crippen LogP contribution in [0.4, 0.5) is 0 Å². The maximum absolute atomic E-state index is 12.3. The minimum Gasteiger partial charge on any atom is -0.339 e. The number of carbonyl (C=O) groups is 1. The summed E-state index contributed by atoms with van der Waals surface area (Å²) in [6.07, 6.45) is 3.85. The number of carbonyl (C=O) groups excluding carboxylic acids is 1. The van der Waals surface area contributed by atoms with Crippen LogP contribution in [-0.2, 0) is 0 Å². The first kappa shape index (κ1) is 13.7. The van der Waals surface area contributed by atoms with Crippen LogP contribution in [0.25, 0.3) is 0 Å². The van der Waals surface area contributed by atoms with Gasteiger partial charge in [-0.3, -0.25) is 9.89 Å². The predicted molar refractivity (Wildman–Crippen MR) is 69.0 cm³/mol. The molecule has 0 fully saturated rings. The minimum absolute atomic E-state index is 0.0886. The quantitative estimate of drug-likeness (QED) is 0.826. The highest BCUT2D eigenvalue weighted by atomic mass is 16.2. The van der Waals surface area contributed by atoms with Gasteiger partial charge in [0.2, 0.25) is 0 Å². The van der Waals surface area contributed by atoms with Crippen molar-refractivity contribution in [3.05, 3.63) is 17.5 Å². The van der Waals surface area contributed by atoms with Crippen LogP contribution >= 0.6 is 0 Å². The van der Waals surface area contributed by atoms with Crippen LogP contribution in [0.5, 0.6) is 0 Å². The first-order valence-corrected chi connectivity index (χ1v) is 6.43. The maximum atomic E-state index is 12.3. The standard InChI is InChI=1S/C13H23N3O/c1-5-11(6-2)9-16(7-3)13(17)12-8-14-15-10(12)4/h8,11H,5-7,9H2,1-4H3,(H,14,15). The summed E-state index contributed by atoms with van der Waals surface area (Å²) in [5, 5.41) is 6.72. The number of nitrogens with one attached hydrogen (secondary N) is 1. The van der Waals surface area contributed by atoms with E-state index in [1.165, 1.54) is 0 Å². The number of nitrogens with zero attached hydrogens (tertiary/aromatic N) is 2. The van der Waals surface area contributed by atoms with Crippen LogP contribution < -0.4 is 0 Å². The van der Waals surface area contributed by atoms with E-state index in [4.69, 9.17) is 0 Å². The van der Waals surface area contributed by atoms with Gasteiger partial charge in [0.25, 0.3) is 5.91 Å². The molecule has 0 atom stereocenters. The predicted octanol–water partition coefficient (Wildman–Crippen LogP) is 2.62. The molecule has 96 valence electrons. The molecule has 1 amide bonds. The van der Waals surface area contributed by atoms with Gasteiger partial charge in [-0.2, -0.15) is 5.10 Å². The Morgan fingerprint density at radius 3 is 2.47 bits per heavy atom. The molecule has 0 aliphatic carbocycles. The summed E-state index contributed by atoms with van der Waals surface area (Å²) >= 11 is 0. The lowest BCUT2D eigenvalue weighted by Crippen LogP contribution is -2.35. The Morgan fingerprint density at radius 2 is 2.06 bits per heavy atom. The molecule has 0 aromatic carbocycles. The van der Waals surface area contributed by atoms with Gasteiger partial charge in [-0.1, -0.05) is 26.7 Å². The lowest BCUT2D eigenvalue weighted by Gasteiger charge is -2.25. The third kappa shape index (κ3) is 3.32. The van der Waals surface area contributed by atoms with Crippen LogP contribution in [-0.4, -0.2) is 34.1 Å². The summed E-state index contributed by atoms with van der Waals surface area (Å²) in [4.78, 5) is 14.2. The van der Waals surface area contributed by atoms with Crippen molar-refractivity contribution in [2.75, 3.05) is 13.1 Å². The van der Waals surface area contributed by atoms with Gasteiger partial charge >= 0.3 is 0 Å². The summed E-state index contributed by atoms with van der Waals surface area (Å²) in [5.41, 5.74) is 1.54. The number of amides is 1. The second-order valence-electron chi connectivity index (χ2n) is 4.43. The molecule has 1 N–H and O–H groups in total. The summed E-state index contributed by atoms with van der Waals surface area (Å²) in [6.45, 7) is 9.85. The van der Waals surface area contributed by atoms with Crippen molar-refractivity contribution in [2.45, 2.75) is 40.5 Å². The lowest BCUT2D eigenvalue weighted by molar-refractivity contribution is 0.0734. The molecular weight excluding hydrogens is 214 g/mol. The number of H-pyrrole nitrogens is 1. The lowest BCUT2D eigenvalue weighted by atomic mass is 10.0. The number of hydrogen-bond acceptors (Lipinski definition) is 2. The number of aromatic amines is 1. The summed E-state index contributed by atoms with van der Waals surface area (Å²) in [7, 11) is 0. The second kappa shape index (κ2) is 6.42. The molecule has 0 saturated heterocycles. The average molecular weight is 237 g/mol. The van der Waals surface area contributed by atoms with E-state index >= 15 is 0 Å². The smallest absolute Gasteiger partial charge is 0.257 e. The van der Waals surface area contributed by atoms with Crippen molar-refractivity contribution in [3.8, 4) is 0 Å². The fraction of sp³-hybridized carbons (Fsp3) is 0.692. The zero-order valence-electron chi connectivity index (χ0n) is 11.3. The summed E-state index contributed by atoms with van der Waals surface area (Å²) in [5.74, 6) is 0.678. The van der Waals surface area contributed by atoms with Gasteiger partial charge in [-0.25, -0.2) is 0 Å². The molecule has 1 rings (SSSR count). The van der Waals surface area contributed by atoms with E-state index < -0.39 is 0 Å². The molecule has 0 saturated carbocycles. The normalized spacial score (nSPS) is 10.9. The Labute approximate surface area is 103 Å². The van der Waals surface area contributed by atoms with Crippen LogP contribution in [0.2, 0.25) is 0 Å². The Balaban J connectivity index is 2.74. The van der Waals surface area contributed by atoms with Gasteiger partial charge in [0, 0.05) is 18.8 Å². The summed E-state index contributed by atoms with van der Waals surface area (Å²) in [6, 6.07) is 0. The van der Waals surface area contributed by atoms with Crippen LogP contribution in [0.15, 0.2) is 6.20 Å². The number of rotatable bonds is 6. The highest BCUT2D eigenvalue weighted by molar-refractivity contribution is 5.95. The molecule has 1 aromatic rings. The highest BCUT2D eigenvalue weighted by Gasteiger charge is 2.19. The zero-order chi connectivity index (χ0) is 12.8. The van der Waals surface area contributed by atoms with Crippen LogP contribution in [0.1, 0.15) is 49.7 Å². The molecule has 0 radical (unpaired) electrons. The minimum atomic E-state index is 0.0886. The Bertz CT molecular complexity index is 355. The van der Waals surface area contributed by atoms with E-state index in [1.807, 2.05) is 18.7 Å². The summed E-state index contributed by atoms with van der Waals surface area (Å²) < 4.78 is 0. The fourth-order valence-corrected chi connectivity index (χ4v) is 1.95. The van der Waals surface area contributed by atoms with Crippen molar-refractivity contribution >= 4 is 5.91 Å². The molecule has 0 aliphatic heterocycles. The van der Waals surface area contributed by atoms with Gasteiger partial charge < -0.3 is 4.90 Å². The first-order chi connectivity index (χ1) is 8.13. The average Bonchev–Trinajstić information content (AvgIpc) is 2.76. The van der Waals surface area contributed by atoms with E-state index in [0.29, 0.717) is 11.5 Å². The molecule has 17 heavy (non-hydrogen) atoms. The molecule has 4 heteroatoms. The van der Waals surface area contributed by atoms with Gasteiger partial charge in [0.1, 0.15) is 0 Å². The van der Waals surface area contributed by atoms with E-state index in [-0.39, 0.29) is 5.91 Å². The topological polar surface area (TPSA) is 49.0 Å². The number of aryl methyl sites for hydroxylation is 1. The highest BCUT2D eigenvalue weighted by Crippen LogP contribution is 2.13. The van der Waals surface area contributed by atoms with Gasteiger partial charge in [0.05, 0.1) is 11.8 Å². The molecule has 0 unspecified atom stereocenters. The molecule has 1 heterocycles. The van der Waals surface area contributed by atoms with Crippen molar-refractivity contribution in [1.29, 1.82) is 0 Å². The SMILES string of the molecule is CCC(CC)CN(CC)C(=O)c1cn[nH]c1C. The molecule has 0 spiro atoms. The van der Waals surface area contributed by atoms with Crippen LogP contribution in [0.3, 0.4) is 0 Å². The fourth-order valence-electron chi connectivity index (χ4n) is 1.95. The molecule has 0 bridgehead atoms. The Hall–Kier alpha value is -1.32. The largest absolute Gasteiger partial charge is 0.339 e. The zero-order valence-corrected chi connectivity index (χ0v) is 11.3. The van der Waals surface area contributed by atoms with E-state index in [1.54, 1.807) is 6.20 Å². The Morgan fingerprint density at radius 1 is 1.41 bits per heavy atom. The van der Waals surface area contributed by atoms with Gasteiger partial charge in [0.15, 0.2) is 0 Å². The van der Waals surface area contributed by atoms with Gasteiger partial charge in [-0.05, 0) is 19.8 Å². The third-order valence-corrected chi connectivity index (χ3v) is 3.36. The van der Waals surface area contributed by atoms with Gasteiger partial charge in [-0.15, -0.1) is 0 Å². The Kier molecular flexibility index (Phi) is 5.19. The maximum Gasteiger partial charge on any atom is 0.257 e. The van der Waals surface area contributed by atoms with Crippen molar-refractivity contribution in [2.24, 2.45) is 5.92 Å². The molecule has 4 nitrogen and oxygen atoms in total. The third-order valence-electron chi connectivity index (χ3n) is 3.36. The molecular formula is C13H23N3O. The number of hydrogen-bond donors (Lipinski definition) is 1.